The Kier molecular flexibility index (Phi) is 5.21. The lowest BCUT2D eigenvalue weighted by Crippen LogP contribution is -2.23. The van der Waals surface area contributed by atoms with E-state index in [9.17, 15) is 4.79 Å². The Balaban J connectivity index is 2.18. The average Bonchev–Trinajstić information content (AvgIpc) is 2.46. The summed E-state index contributed by atoms with van der Waals surface area (Å²) in [4.78, 5) is 11.1. The quantitative estimate of drug-likeness (QED) is 0.891. The summed E-state index contributed by atoms with van der Waals surface area (Å²) in [7, 11) is 0. The van der Waals surface area contributed by atoms with Crippen molar-refractivity contribution in [1.82, 2.24) is 5.32 Å². The topological polar surface area (TPSA) is 38.3 Å². The van der Waals surface area contributed by atoms with Gasteiger partial charge in [0, 0.05) is 6.92 Å². The van der Waals surface area contributed by atoms with Gasteiger partial charge >= 0.3 is 0 Å². The summed E-state index contributed by atoms with van der Waals surface area (Å²) < 4.78 is 5.73. The molecular formula is C19H23NO2. The van der Waals surface area contributed by atoms with E-state index in [0.717, 1.165) is 22.4 Å². The fourth-order valence-corrected chi connectivity index (χ4v) is 2.37. The van der Waals surface area contributed by atoms with Crippen LogP contribution in [0.15, 0.2) is 48.5 Å². The number of amides is 1. The Morgan fingerprint density at radius 3 is 2.27 bits per heavy atom. The molecule has 0 saturated heterocycles. The molecule has 2 aromatic carbocycles. The van der Waals surface area contributed by atoms with E-state index in [0.29, 0.717) is 0 Å². The molecule has 3 nitrogen and oxygen atoms in total. The predicted octanol–water partition coefficient (Wildman–Crippen LogP) is 4.34. The van der Waals surface area contributed by atoms with E-state index in [2.05, 4.69) is 23.5 Å². The second-order valence-electron chi connectivity index (χ2n) is 5.74. The predicted molar refractivity (Wildman–Crippen MR) is 89.9 cm³/mol. The maximum atomic E-state index is 11.1. The highest BCUT2D eigenvalue weighted by molar-refractivity contribution is 5.73. The third kappa shape index (κ3) is 4.35. The number of carbonyl (C=O) groups is 1. The second-order valence-corrected chi connectivity index (χ2v) is 5.74. The van der Waals surface area contributed by atoms with E-state index in [1.54, 1.807) is 0 Å². The third-order valence-electron chi connectivity index (χ3n) is 3.37. The maximum Gasteiger partial charge on any atom is 0.217 e. The molecular weight excluding hydrogens is 274 g/mol. The molecule has 0 spiro atoms. The van der Waals surface area contributed by atoms with Crippen LogP contribution in [0.25, 0.3) is 11.1 Å². The van der Waals surface area contributed by atoms with Gasteiger partial charge in [-0.1, -0.05) is 36.4 Å². The van der Waals surface area contributed by atoms with Crippen molar-refractivity contribution in [3.05, 3.63) is 54.1 Å². The largest absolute Gasteiger partial charge is 0.491 e. The molecule has 0 aliphatic rings. The van der Waals surface area contributed by atoms with Crippen LogP contribution in [0, 0.1) is 0 Å². The number of hydrogen-bond acceptors (Lipinski definition) is 2. The molecule has 2 aromatic rings. The van der Waals surface area contributed by atoms with Gasteiger partial charge in [-0.3, -0.25) is 4.79 Å². The van der Waals surface area contributed by atoms with E-state index < -0.39 is 0 Å². The van der Waals surface area contributed by atoms with Crippen molar-refractivity contribution >= 4 is 5.91 Å². The van der Waals surface area contributed by atoms with Gasteiger partial charge in [-0.05, 0) is 49.6 Å². The minimum Gasteiger partial charge on any atom is -0.491 e. The van der Waals surface area contributed by atoms with Gasteiger partial charge in [0.1, 0.15) is 5.75 Å². The molecule has 22 heavy (non-hydrogen) atoms. The smallest absolute Gasteiger partial charge is 0.217 e. The zero-order valence-corrected chi connectivity index (χ0v) is 13.6. The van der Waals surface area contributed by atoms with Gasteiger partial charge in [0.2, 0.25) is 5.91 Å². The van der Waals surface area contributed by atoms with E-state index in [-0.39, 0.29) is 18.1 Å². The zero-order valence-electron chi connectivity index (χ0n) is 13.6. The molecule has 0 bridgehead atoms. The summed E-state index contributed by atoms with van der Waals surface area (Å²) in [6.45, 7) is 7.55. The van der Waals surface area contributed by atoms with Crippen molar-refractivity contribution < 1.29 is 9.53 Å². The summed E-state index contributed by atoms with van der Waals surface area (Å²) in [6.07, 6.45) is 0.163. The van der Waals surface area contributed by atoms with E-state index in [4.69, 9.17) is 4.74 Å². The Bertz CT molecular complexity index is 632. The first-order valence-electron chi connectivity index (χ1n) is 7.60. The maximum absolute atomic E-state index is 11.1. The molecule has 0 unspecified atom stereocenters. The average molecular weight is 297 g/mol. The number of nitrogens with one attached hydrogen (secondary N) is 1. The molecule has 0 fully saturated rings. The molecule has 2 rings (SSSR count). The number of benzene rings is 2. The minimum absolute atomic E-state index is 0.0159. The summed E-state index contributed by atoms with van der Waals surface area (Å²) in [6, 6.07) is 16.3. The lowest BCUT2D eigenvalue weighted by atomic mass is 10.0. The lowest BCUT2D eigenvalue weighted by molar-refractivity contribution is -0.119. The monoisotopic (exact) mass is 297 g/mol. The van der Waals surface area contributed by atoms with Gasteiger partial charge in [-0.25, -0.2) is 0 Å². The van der Waals surface area contributed by atoms with Gasteiger partial charge in [-0.15, -0.1) is 0 Å². The first kappa shape index (κ1) is 16.1. The number of rotatable bonds is 5. The van der Waals surface area contributed by atoms with Gasteiger partial charge in [0.15, 0.2) is 0 Å². The fraction of sp³-hybridized carbons (Fsp3) is 0.316. The molecule has 1 amide bonds. The van der Waals surface area contributed by atoms with E-state index in [1.165, 1.54) is 6.92 Å². The summed E-state index contributed by atoms with van der Waals surface area (Å²) in [5, 5.41) is 2.89. The highest BCUT2D eigenvalue weighted by Crippen LogP contribution is 2.26. The SMILES string of the molecule is CC(=O)N[C@@H](C)c1ccc(-c2cccc(OC(C)C)c2)cc1. The van der Waals surface area contributed by atoms with Crippen LogP contribution in [0.4, 0.5) is 0 Å². The Hall–Kier alpha value is -2.29. The summed E-state index contributed by atoms with van der Waals surface area (Å²) in [5.74, 6) is 0.860. The van der Waals surface area contributed by atoms with E-state index in [1.807, 2.05) is 51.1 Å². The van der Waals surface area contributed by atoms with Crippen molar-refractivity contribution in [2.45, 2.75) is 39.8 Å². The first-order chi connectivity index (χ1) is 10.5. The molecule has 1 atom stereocenters. The number of ether oxygens (including phenoxy) is 1. The number of carbonyl (C=O) groups excluding carboxylic acids is 1. The summed E-state index contributed by atoms with van der Waals surface area (Å²) >= 11 is 0. The van der Waals surface area contributed by atoms with Crippen LogP contribution in [0.3, 0.4) is 0 Å². The number of hydrogen-bond donors (Lipinski definition) is 1. The Morgan fingerprint density at radius 1 is 1.00 bits per heavy atom. The van der Waals surface area contributed by atoms with Crippen molar-refractivity contribution in [3.63, 3.8) is 0 Å². The van der Waals surface area contributed by atoms with Crippen LogP contribution in [-0.4, -0.2) is 12.0 Å². The zero-order chi connectivity index (χ0) is 16.1. The molecule has 0 aromatic heterocycles. The van der Waals surface area contributed by atoms with E-state index >= 15 is 0 Å². The molecule has 116 valence electrons. The van der Waals surface area contributed by atoms with Crippen molar-refractivity contribution in [1.29, 1.82) is 0 Å². The van der Waals surface area contributed by atoms with Gasteiger partial charge in [0.05, 0.1) is 12.1 Å². The van der Waals surface area contributed by atoms with Gasteiger partial charge < -0.3 is 10.1 Å². The summed E-state index contributed by atoms with van der Waals surface area (Å²) in [5.41, 5.74) is 3.35. The van der Waals surface area contributed by atoms with Crippen LogP contribution < -0.4 is 10.1 Å². The minimum atomic E-state index is -0.0184. The molecule has 0 saturated carbocycles. The highest BCUT2D eigenvalue weighted by Gasteiger charge is 2.07. The van der Waals surface area contributed by atoms with Crippen LogP contribution >= 0.6 is 0 Å². The molecule has 3 heteroatoms. The Morgan fingerprint density at radius 2 is 1.68 bits per heavy atom. The fourth-order valence-electron chi connectivity index (χ4n) is 2.37. The van der Waals surface area contributed by atoms with Crippen LogP contribution in [0.1, 0.15) is 39.3 Å². The lowest BCUT2D eigenvalue weighted by Gasteiger charge is -2.14. The highest BCUT2D eigenvalue weighted by atomic mass is 16.5. The van der Waals surface area contributed by atoms with Crippen LogP contribution in [0.2, 0.25) is 0 Å². The molecule has 0 aliphatic heterocycles. The third-order valence-corrected chi connectivity index (χ3v) is 3.37. The normalized spacial score (nSPS) is 12.0. The standard InChI is InChI=1S/C19H23NO2/c1-13(2)22-19-7-5-6-18(12-19)17-10-8-16(9-11-17)14(3)20-15(4)21/h5-14H,1-4H3,(H,20,21)/t14-/m0/s1. The van der Waals surface area contributed by atoms with Gasteiger partial charge in [-0.2, -0.15) is 0 Å². The Labute approximate surface area is 132 Å². The van der Waals surface area contributed by atoms with Gasteiger partial charge in [0.25, 0.3) is 0 Å². The van der Waals surface area contributed by atoms with Crippen molar-refractivity contribution in [3.8, 4) is 16.9 Å². The molecule has 1 N–H and O–H groups in total. The second kappa shape index (κ2) is 7.12. The van der Waals surface area contributed by atoms with Crippen molar-refractivity contribution in [2.24, 2.45) is 0 Å². The molecule has 0 radical (unpaired) electrons. The molecule has 0 heterocycles. The van der Waals surface area contributed by atoms with Crippen LogP contribution in [0.5, 0.6) is 5.75 Å². The first-order valence-corrected chi connectivity index (χ1v) is 7.60. The molecule has 0 aliphatic carbocycles. The van der Waals surface area contributed by atoms with Crippen molar-refractivity contribution in [2.75, 3.05) is 0 Å². The van der Waals surface area contributed by atoms with Crippen LogP contribution in [-0.2, 0) is 4.79 Å².